The van der Waals surface area contributed by atoms with Crippen LogP contribution in [0.4, 0.5) is 0 Å². The molecule has 4 atom stereocenters. The minimum absolute atomic E-state index is 0.0330. The highest BCUT2D eigenvalue weighted by atomic mass is 16.3. The molecule has 4 heteroatoms. The predicted molar refractivity (Wildman–Crippen MR) is 63.8 cm³/mol. The molecule has 16 heavy (non-hydrogen) atoms. The summed E-state index contributed by atoms with van der Waals surface area (Å²) in [5, 5.41) is 12.2. The Bertz CT molecular complexity index is 231. The average Bonchev–Trinajstić information content (AvgIpc) is 2.16. The van der Waals surface area contributed by atoms with Crippen LogP contribution in [0.2, 0.25) is 0 Å². The molecule has 4 N–H and O–H groups in total. The summed E-state index contributed by atoms with van der Waals surface area (Å²) in [5.74, 6) is 0.170. The first-order valence-electron chi connectivity index (χ1n) is 6.23. The van der Waals surface area contributed by atoms with Gasteiger partial charge in [0.1, 0.15) is 0 Å². The van der Waals surface area contributed by atoms with E-state index in [1.807, 2.05) is 6.92 Å². The van der Waals surface area contributed by atoms with Gasteiger partial charge in [-0.3, -0.25) is 4.79 Å². The molecule has 94 valence electrons. The molecule has 0 aliphatic heterocycles. The summed E-state index contributed by atoms with van der Waals surface area (Å²) in [5.41, 5.74) is 5.85. The van der Waals surface area contributed by atoms with Crippen molar-refractivity contribution in [3.8, 4) is 0 Å². The number of hydrogen-bond donors (Lipinski definition) is 3. The van der Waals surface area contributed by atoms with E-state index < -0.39 is 0 Å². The molecule has 0 aromatic carbocycles. The lowest BCUT2D eigenvalue weighted by Gasteiger charge is -2.27. The molecule has 1 saturated carbocycles. The summed E-state index contributed by atoms with van der Waals surface area (Å²) in [6, 6.07) is 0.210. The molecule has 1 aliphatic carbocycles. The second-order valence-electron chi connectivity index (χ2n) is 5.12. The molecule has 0 aromatic heterocycles. The van der Waals surface area contributed by atoms with Crippen LogP contribution in [0.3, 0.4) is 0 Å². The van der Waals surface area contributed by atoms with Crippen LogP contribution >= 0.6 is 0 Å². The molecule has 4 unspecified atom stereocenters. The normalized spacial score (nSPS) is 29.5. The third-order valence-corrected chi connectivity index (χ3v) is 3.17. The molecular formula is C12H24N2O2. The average molecular weight is 228 g/mol. The molecule has 0 bridgehead atoms. The number of amides is 1. The Labute approximate surface area is 97.6 Å². The molecule has 1 aliphatic rings. The molecule has 0 saturated heterocycles. The zero-order valence-corrected chi connectivity index (χ0v) is 10.3. The zero-order valence-electron chi connectivity index (χ0n) is 10.3. The van der Waals surface area contributed by atoms with Gasteiger partial charge in [-0.05, 0) is 39.5 Å². The molecule has 0 heterocycles. The number of aliphatic hydroxyl groups is 1. The van der Waals surface area contributed by atoms with Gasteiger partial charge in [0.05, 0.1) is 6.10 Å². The van der Waals surface area contributed by atoms with E-state index in [1.165, 1.54) is 0 Å². The van der Waals surface area contributed by atoms with Crippen LogP contribution in [0.15, 0.2) is 0 Å². The van der Waals surface area contributed by atoms with E-state index >= 15 is 0 Å². The van der Waals surface area contributed by atoms with Crippen molar-refractivity contribution in [2.24, 2.45) is 11.7 Å². The maximum atomic E-state index is 11.9. The first-order valence-corrected chi connectivity index (χ1v) is 6.23. The Morgan fingerprint density at radius 3 is 2.75 bits per heavy atom. The van der Waals surface area contributed by atoms with Gasteiger partial charge in [-0.15, -0.1) is 0 Å². The number of nitrogens with one attached hydrogen (secondary N) is 1. The van der Waals surface area contributed by atoms with Gasteiger partial charge in [-0.25, -0.2) is 0 Å². The third-order valence-electron chi connectivity index (χ3n) is 3.17. The highest BCUT2D eigenvalue weighted by Crippen LogP contribution is 2.23. The van der Waals surface area contributed by atoms with Crippen LogP contribution in [0.25, 0.3) is 0 Å². The minimum Gasteiger partial charge on any atom is -0.393 e. The van der Waals surface area contributed by atoms with E-state index in [9.17, 15) is 9.90 Å². The van der Waals surface area contributed by atoms with E-state index in [4.69, 9.17) is 5.73 Å². The number of rotatable bonds is 4. The second-order valence-corrected chi connectivity index (χ2v) is 5.12. The standard InChI is InChI=1S/C12H24N2O2/c1-8(6-9(2)15)14-12(16)10-4-3-5-11(13)7-10/h8-11,15H,3-7,13H2,1-2H3,(H,14,16). The van der Waals surface area contributed by atoms with E-state index in [0.717, 1.165) is 25.7 Å². The summed E-state index contributed by atoms with van der Waals surface area (Å²) in [7, 11) is 0. The fourth-order valence-electron chi connectivity index (χ4n) is 2.40. The van der Waals surface area contributed by atoms with Crippen LogP contribution in [-0.4, -0.2) is 29.2 Å². The van der Waals surface area contributed by atoms with Gasteiger partial charge >= 0.3 is 0 Å². The van der Waals surface area contributed by atoms with Gasteiger partial charge in [0.15, 0.2) is 0 Å². The van der Waals surface area contributed by atoms with Gasteiger partial charge in [0.25, 0.3) is 0 Å². The fraction of sp³-hybridized carbons (Fsp3) is 0.917. The monoisotopic (exact) mass is 228 g/mol. The second kappa shape index (κ2) is 6.21. The number of carbonyl (C=O) groups excluding carboxylic acids is 1. The predicted octanol–water partition coefficient (Wildman–Crippen LogP) is 0.779. The lowest BCUT2D eigenvalue weighted by molar-refractivity contribution is -0.126. The topological polar surface area (TPSA) is 75.3 Å². The number of aliphatic hydroxyl groups excluding tert-OH is 1. The van der Waals surface area contributed by atoms with E-state index in [1.54, 1.807) is 6.92 Å². The summed E-state index contributed by atoms with van der Waals surface area (Å²) >= 11 is 0. The third kappa shape index (κ3) is 4.49. The Kier molecular flexibility index (Phi) is 5.22. The van der Waals surface area contributed by atoms with Gasteiger partial charge in [-0.1, -0.05) is 6.42 Å². The van der Waals surface area contributed by atoms with Crippen molar-refractivity contribution >= 4 is 5.91 Å². The SMILES string of the molecule is CC(O)CC(C)NC(=O)C1CCCC(N)C1. The van der Waals surface area contributed by atoms with Crippen molar-refractivity contribution in [3.05, 3.63) is 0 Å². The zero-order chi connectivity index (χ0) is 12.1. The largest absolute Gasteiger partial charge is 0.393 e. The highest BCUT2D eigenvalue weighted by molar-refractivity contribution is 5.79. The minimum atomic E-state index is -0.371. The number of carbonyl (C=O) groups is 1. The summed E-state index contributed by atoms with van der Waals surface area (Å²) < 4.78 is 0. The van der Waals surface area contributed by atoms with Crippen molar-refractivity contribution in [2.75, 3.05) is 0 Å². The molecule has 0 radical (unpaired) electrons. The van der Waals surface area contributed by atoms with Crippen LogP contribution in [-0.2, 0) is 4.79 Å². The van der Waals surface area contributed by atoms with Crippen LogP contribution in [0.1, 0.15) is 46.0 Å². The fourth-order valence-corrected chi connectivity index (χ4v) is 2.40. The maximum absolute atomic E-state index is 11.9. The Balaban J connectivity index is 2.33. The molecular weight excluding hydrogens is 204 g/mol. The van der Waals surface area contributed by atoms with Crippen LogP contribution < -0.4 is 11.1 Å². The molecule has 1 rings (SSSR count). The molecule has 1 fully saturated rings. The summed E-state index contributed by atoms with van der Waals surface area (Å²) in [4.78, 5) is 11.9. The van der Waals surface area contributed by atoms with E-state index in [2.05, 4.69) is 5.32 Å². The van der Waals surface area contributed by atoms with Crippen molar-refractivity contribution < 1.29 is 9.90 Å². The van der Waals surface area contributed by atoms with E-state index in [0.29, 0.717) is 6.42 Å². The molecule has 0 aromatic rings. The van der Waals surface area contributed by atoms with Crippen molar-refractivity contribution in [2.45, 2.75) is 64.1 Å². The van der Waals surface area contributed by atoms with E-state index in [-0.39, 0.29) is 30.0 Å². The smallest absolute Gasteiger partial charge is 0.223 e. The number of nitrogens with two attached hydrogens (primary N) is 1. The van der Waals surface area contributed by atoms with Crippen molar-refractivity contribution in [3.63, 3.8) is 0 Å². The summed E-state index contributed by atoms with van der Waals surface area (Å²) in [6.07, 6.45) is 4.05. The lowest BCUT2D eigenvalue weighted by atomic mass is 9.85. The van der Waals surface area contributed by atoms with Crippen molar-refractivity contribution in [1.82, 2.24) is 5.32 Å². The first kappa shape index (κ1) is 13.5. The van der Waals surface area contributed by atoms with Crippen molar-refractivity contribution in [1.29, 1.82) is 0 Å². The van der Waals surface area contributed by atoms with Gasteiger partial charge in [0.2, 0.25) is 5.91 Å². The van der Waals surface area contributed by atoms with Crippen LogP contribution in [0.5, 0.6) is 0 Å². The van der Waals surface area contributed by atoms with Gasteiger partial charge in [0, 0.05) is 18.0 Å². The Morgan fingerprint density at radius 1 is 1.50 bits per heavy atom. The van der Waals surface area contributed by atoms with Gasteiger partial charge < -0.3 is 16.2 Å². The Morgan fingerprint density at radius 2 is 2.19 bits per heavy atom. The molecule has 4 nitrogen and oxygen atoms in total. The van der Waals surface area contributed by atoms with Gasteiger partial charge in [-0.2, -0.15) is 0 Å². The molecule has 1 amide bonds. The molecule has 0 spiro atoms. The highest BCUT2D eigenvalue weighted by Gasteiger charge is 2.26. The van der Waals surface area contributed by atoms with Crippen LogP contribution in [0, 0.1) is 5.92 Å². The summed E-state index contributed by atoms with van der Waals surface area (Å²) in [6.45, 7) is 3.66. The maximum Gasteiger partial charge on any atom is 0.223 e. The lowest BCUT2D eigenvalue weighted by Crippen LogP contribution is -2.42. The quantitative estimate of drug-likeness (QED) is 0.665. The Hall–Kier alpha value is -0.610. The first-order chi connectivity index (χ1) is 7.49. The number of hydrogen-bond acceptors (Lipinski definition) is 3.